The predicted molar refractivity (Wildman–Crippen MR) is 73.1 cm³/mol. The summed E-state index contributed by atoms with van der Waals surface area (Å²) in [6, 6.07) is 2.99. The van der Waals surface area contributed by atoms with Gasteiger partial charge in [-0.1, -0.05) is 0 Å². The Kier molecular flexibility index (Phi) is 4.42. The highest BCUT2D eigenvalue weighted by atomic mass is 79.9. The van der Waals surface area contributed by atoms with Crippen molar-refractivity contribution in [1.29, 1.82) is 0 Å². The molecule has 0 radical (unpaired) electrons. The van der Waals surface area contributed by atoms with Crippen LogP contribution in [0.1, 0.15) is 30.1 Å². The summed E-state index contributed by atoms with van der Waals surface area (Å²) in [7, 11) is 0. The number of carboxylic acid groups (broad SMARTS) is 1. The summed E-state index contributed by atoms with van der Waals surface area (Å²) in [5.74, 6) is -1.73. The van der Waals surface area contributed by atoms with Crippen molar-refractivity contribution in [2.24, 2.45) is 0 Å². The third-order valence-electron chi connectivity index (χ3n) is 3.16. The number of ether oxygens (including phenoxy) is 1. The van der Waals surface area contributed by atoms with Crippen LogP contribution in [0.2, 0.25) is 0 Å². The average Bonchev–Trinajstić information content (AvgIpc) is 2.35. The minimum Gasteiger partial charge on any atom is -0.478 e. The van der Waals surface area contributed by atoms with E-state index in [1.807, 2.05) is 6.92 Å². The van der Waals surface area contributed by atoms with Crippen LogP contribution < -0.4 is 5.32 Å². The Bertz CT molecular complexity index is 495. The van der Waals surface area contributed by atoms with E-state index in [-0.39, 0.29) is 22.2 Å². The first kappa shape index (κ1) is 14.3. The van der Waals surface area contributed by atoms with Crippen molar-refractivity contribution in [3.05, 3.63) is 28.0 Å². The molecule has 1 aliphatic heterocycles. The number of anilines is 1. The molecule has 0 aliphatic carbocycles. The van der Waals surface area contributed by atoms with E-state index >= 15 is 0 Å². The second-order valence-electron chi connectivity index (χ2n) is 4.64. The molecule has 1 heterocycles. The van der Waals surface area contributed by atoms with E-state index in [9.17, 15) is 9.18 Å². The fourth-order valence-electron chi connectivity index (χ4n) is 2.18. The van der Waals surface area contributed by atoms with Gasteiger partial charge in [0.25, 0.3) is 0 Å². The summed E-state index contributed by atoms with van der Waals surface area (Å²) in [6.45, 7) is 2.63. The average molecular weight is 332 g/mol. The maximum Gasteiger partial charge on any atom is 0.336 e. The topological polar surface area (TPSA) is 58.6 Å². The van der Waals surface area contributed by atoms with E-state index in [4.69, 9.17) is 9.84 Å². The van der Waals surface area contributed by atoms with Crippen molar-refractivity contribution in [1.82, 2.24) is 0 Å². The van der Waals surface area contributed by atoms with E-state index in [0.717, 1.165) is 12.8 Å². The van der Waals surface area contributed by atoms with Gasteiger partial charge in [0.15, 0.2) is 5.82 Å². The molecule has 104 valence electrons. The highest BCUT2D eigenvalue weighted by Gasteiger charge is 2.22. The second-order valence-corrected chi connectivity index (χ2v) is 5.43. The van der Waals surface area contributed by atoms with Crippen molar-refractivity contribution in [3.8, 4) is 0 Å². The van der Waals surface area contributed by atoms with Crippen LogP contribution in [0.4, 0.5) is 10.1 Å². The number of nitrogens with one attached hydrogen (secondary N) is 1. The van der Waals surface area contributed by atoms with Crippen LogP contribution in [0.25, 0.3) is 0 Å². The number of hydrogen-bond donors (Lipinski definition) is 2. The minimum absolute atomic E-state index is 0.0230. The van der Waals surface area contributed by atoms with Crippen molar-refractivity contribution in [2.75, 3.05) is 11.9 Å². The number of halogens is 2. The largest absolute Gasteiger partial charge is 0.478 e. The summed E-state index contributed by atoms with van der Waals surface area (Å²) in [5.41, 5.74) is 0.236. The molecule has 0 bridgehead atoms. The Morgan fingerprint density at radius 2 is 2.32 bits per heavy atom. The van der Waals surface area contributed by atoms with Gasteiger partial charge < -0.3 is 15.2 Å². The van der Waals surface area contributed by atoms with Gasteiger partial charge in [0.2, 0.25) is 0 Å². The van der Waals surface area contributed by atoms with E-state index in [2.05, 4.69) is 21.2 Å². The lowest BCUT2D eigenvalue weighted by Gasteiger charge is -2.29. The lowest BCUT2D eigenvalue weighted by Crippen LogP contribution is -2.32. The highest BCUT2D eigenvalue weighted by molar-refractivity contribution is 9.10. The van der Waals surface area contributed by atoms with Crippen LogP contribution in [0, 0.1) is 5.82 Å². The molecule has 1 aliphatic rings. The highest BCUT2D eigenvalue weighted by Crippen LogP contribution is 2.29. The number of carboxylic acids is 1. The molecule has 2 rings (SSSR count). The third-order valence-corrected chi connectivity index (χ3v) is 3.93. The van der Waals surface area contributed by atoms with E-state index < -0.39 is 11.8 Å². The van der Waals surface area contributed by atoms with Gasteiger partial charge in [-0.3, -0.25) is 0 Å². The van der Waals surface area contributed by atoms with Crippen LogP contribution in [-0.2, 0) is 4.74 Å². The summed E-state index contributed by atoms with van der Waals surface area (Å²) in [6.07, 6.45) is 1.76. The van der Waals surface area contributed by atoms with Crippen LogP contribution in [0.3, 0.4) is 0 Å². The molecule has 1 aromatic rings. The zero-order chi connectivity index (χ0) is 14.0. The quantitative estimate of drug-likeness (QED) is 0.892. The molecule has 6 heteroatoms. The number of carbonyl (C=O) groups is 1. The number of benzene rings is 1. The van der Waals surface area contributed by atoms with Crippen LogP contribution in [0.15, 0.2) is 16.6 Å². The Labute approximate surface area is 119 Å². The van der Waals surface area contributed by atoms with Crippen molar-refractivity contribution in [3.63, 3.8) is 0 Å². The molecule has 2 atom stereocenters. The fraction of sp³-hybridized carbons (Fsp3) is 0.462. The smallest absolute Gasteiger partial charge is 0.336 e. The number of hydrogen-bond acceptors (Lipinski definition) is 3. The third kappa shape index (κ3) is 3.25. The SMILES string of the molecule is CC1CC(Nc2ccc(C(=O)O)c(Br)c2F)CCO1. The fourth-order valence-corrected chi connectivity index (χ4v) is 2.69. The first-order chi connectivity index (χ1) is 8.99. The van der Waals surface area contributed by atoms with Gasteiger partial charge >= 0.3 is 5.97 Å². The zero-order valence-electron chi connectivity index (χ0n) is 10.5. The van der Waals surface area contributed by atoms with Gasteiger partial charge in [-0.2, -0.15) is 0 Å². The summed E-state index contributed by atoms with van der Waals surface area (Å²) in [5, 5.41) is 12.0. The van der Waals surface area contributed by atoms with Gasteiger partial charge in [0, 0.05) is 12.6 Å². The Balaban J connectivity index is 2.17. The lowest BCUT2D eigenvalue weighted by molar-refractivity contribution is 0.0232. The van der Waals surface area contributed by atoms with Gasteiger partial charge in [0.05, 0.1) is 21.8 Å². The van der Waals surface area contributed by atoms with Crippen molar-refractivity contribution >= 4 is 27.6 Å². The Morgan fingerprint density at radius 1 is 1.58 bits per heavy atom. The summed E-state index contributed by atoms with van der Waals surface area (Å²) in [4.78, 5) is 10.9. The van der Waals surface area contributed by atoms with Crippen LogP contribution in [-0.4, -0.2) is 29.8 Å². The predicted octanol–water partition coefficient (Wildman–Crippen LogP) is 3.27. The van der Waals surface area contributed by atoms with Crippen molar-refractivity contribution < 1.29 is 19.0 Å². The lowest BCUT2D eigenvalue weighted by atomic mass is 10.0. The molecular formula is C13H15BrFNO3. The number of aromatic carboxylic acids is 1. The van der Waals surface area contributed by atoms with Gasteiger partial charge in [0.1, 0.15) is 0 Å². The zero-order valence-corrected chi connectivity index (χ0v) is 12.0. The molecule has 0 amide bonds. The molecule has 2 unspecified atom stereocenters. The minimum atomic E-state index is -1.16. The summed E-state index contributed by atoms with van der Waals surface area (Å²) >= 11 is 2.99. The van der Waals surface area contributed by atoms with Gasteiger partial charge in [-0.15, -0.1) is 0 Å². The van der Waals surface area contributed by atoms with E-state index in [0.29, 0.717) is 12.3 Å². The molecule has 1 aromatic carbocycles. The van der Waals surface area contributed by atoms with Crippen LogP contribution in [0.5, 0.6) is 0 Å². The van der Waals surface area contributed by atoms with Gasteiger partial charge in [-0.25, -0.2) is 9.18 Å². The van der Waals surface area contributed by atoms with Crippen LogP contribution >= 0.6 is 15.9 Å². The summed E-state index contributed by atoms with van der Waals surface area (Å²) < 4.78 is 19.5. The van der Waals surface area contributed by atoms with E-state index in [1.165, 1.54) is 12.1 Å². The molecule has 19 heavy (non-hydrogen) atoms. The standard InChI is InChI=1S/C13H15BrFNO3/c1-7-6-8(4-5-19-7)16-10-3-2-9(13(17)18)11(14)12(10)15/h2-3,7-8,16H,4-6H2,1H3,(H,17,18). The molecule has 0 spiro atoms. The van der Waals surface area contributed by atoms with Gasteiger partial charge in [-0.05, 0) is 47.8 Å². The molecule has 2 N–H and O–H groups in total. The van der Waals surface area contributed by atoms with E-state index in [1.54, 1.807) is 0 Å². The first-order valence-electron chi connectivity index (χ1n) is 6.08. The van der Waals surface area contributed by atoms with Crippen molar-refractivity contribution in [2.45, 2.75) is 31.9 Å². The molecule has 0 aromatic heterocycles. The molecule has 4 nitrogen and oxygen atoms in total. The molecule has 1 fully saturated rings. The maximum atomic E-state index is 14.1. The monoisotopic (exact) mass is 331 g/mol. The molecule has 0 saturated carbocycles. The first-order valence-corrected chi connectivity index (χ1v) is 6.87. The maximum absolute atomic E-state index is 14.1. The molecule has 1 saturated heterocycles. The second kappa shape index (κ2) is 5.88. The Hall–Kier alpha value is -1.14. The Morgan fingerprint density at radius 3 is 2.95 bits per heavy atom. The normalized spacial score (nSPS) is 23.1. The number of rotatable bonds is 3. The molecular weight excluding hydrogens is 317 g/mol.